The first-order valence-corrected chi connectivity index (χ1v) is 3.65. The number of hydrogen-bond donors (Lipinski definition) is 2. The summed E-state index contributed by atoms with van der Waals surface area (Å²) < 4.78 is 5.27. The molecule has 4 nitrogen and oxygen atoms in total. The molecule has 0 aromatic carbocycles. The second-order valence-corrected chi connectivity index (χ2v) is 3.15. The molecule has 0 spiro atoms. The number of aliphatic carboxylic acids is 1. The minimum absolute atomic E-state index is 0.266. The van der Waals surface area contributed by atoms with Crippen LogP contribution in [0.4, 0.5) is 0 Å². The Morgan fingerprint density at radius 2 is 2.27 bits per heavy atom. The summed E-state index contributed by atoms with van der Waals surface area (Å²) >= 11 is 0. The molecule has 0 radical (unpaired) electrons. The summed E-state index contributed by atoms with van der Waals surface area (Å²) in [4.78, 5) is 10.4. The third-order valence-corrected chi connectivity index (χ3v) is 1.81. The van der Waals surface area contributed by atoms with E-state index in [1.807, 2.05) is 6.92 Å². The second-order valence-electron chi connectivity index (χ2n) is 3.15. The van der Waals surface area contributed by atoms with Crippen molar-refractivity contribution in [1.29, 1.82) is 0 Å². The molecule has 1 fully saturated rings. The van der Waals surface area contributed by atoms with Crippen molar-refractivity contribution in [3.8, 4) is 0 Å². The molecule has 64 valence electrons. The maximum Gasteiger partial charge on any atom is 0.332 e. The van der Waals surface area contributed by atoms with Gasteiger partial charge < -0.3 is 15.2 Å². The number of rotatable bonds is 3. The minimum atomic E-state index is -0.905. The molecular weight excluding hydrogens is 146 g/mol. The molecule has 11 heavy (non-hydrogen) atoms. The lowest BCUT2D eigenvalue weighted by Crippen LogP contribution is -2.60. The first-order valence-electron chi connectivity index (χ1n) is 3.65. The van der Waals surface area contributed by atoms with E-state index >= 15 is 0 Å². The summed E-state index contributed by atoms with van der Waals surface area (Å²) in [5, 5.41) is 11.5. The molecule has 0 aliphatic carbocycles. The van der Waals surface area contributed by atoms with Gasteiger partial charge in [0, 0.05) is 13.1 Å². The van der Waals surface area contributed by atoms with Crippen LogP contribution in [0.3, 0.4) is 0 Å². The zero-order chi connectivity index (χ0) is 8.48. The Balaban J connectivity index is 2.35. The van der Waals surface area contributed by atoms with Crippen molar-refractivity contribution in [2.45, 2.75) is 25.6 Å². The predicted octanol–water partition coefficient (Wildman–Crippen LogP) is -0.162. The van der Waals surface area contributed by atoms with Gasteiger partial charge in [-0.25, -0.2) is 4.79 Å². The molecule has 2 N–H and O–H groups in total. The molecule has 0 bridgehead atoms. The van der Waals surface area contributed by atoms with E-state index in [-0.39, 0.29) is 5.60 Å². The lowest BCUT2D eigenvalue weighted by molar-refractivity contribution is -0.165. The predicted molar refractivity (Wildman–Crippen MR) is 39.5 cm³/mol. The number of nitrogens with one attached hydrogen (secondary N) is 1. The quantitative estimate of drug-likeness (QED) is 0.600. The van der Waals surface area contributed by atoms with Gasteiger partial charge in [-0.3, -0.25) is 0 Å². The maximum atomic E-state index is 10.4. The third-order valence-electron chi connectivity index (χ3n) is 1.81. The fourth-order valence-electron chi connectivity index (χ4n) is 1.04. The van der Waals surface area contributed by atoms with Gasteiger partial charge in [0.2, 0.25) is 0 Å². The Labute approximate surface area is 65.5 Å². The number of ether oxygens (including phenoxy) is 1. The Hall–Kier alpha value is -0.610. The fraction of sp³-hybridized carbons (Fsp3) is 0.857. The molecule has 1 atom stereocenters. The molecule has 1 aliphatic heterocycles. The van der Waals surface area contributed by atoms with Gasteiger partial charge in [-0.05, 0) is 13.8 Å². The van der Waals surface area contributed by atoms with Crippen LogP contribution >= 0.6 is 0 Å². The number of carbonyl (C=O) groups is 1. The smallest absolute Gasteiger partial charge is 0.332 e. The largest absolute Gasteiger partial charge is 0.479 e. The molecule has 4 heteroatoms. The highest BCUT2D eigenvalue weighted by Crippen LogP contribution is 2.17. The fourth-order valence-corrected chi connectivity index (χ4v) is 1.04. The molecular formula is C7H13NO3. The SMILES string of the molecule is CC(OC1(C)CNC1)C(=O)O. The maximum absolute atomic E-state index is 10.4. The van der Waals surface area contributed by atoms with Crippen LogP contribution in [0.15, 0.2) is 0 Å². The van der Waals surface area contributed by atoms with Crippen LogP contribution in [0.25, 0.3) is 0 Å². The van der Waals surface area contributed by atoms with Crippen molar-refractivity contribution < 1.29 is 14.6 Å². The topological polar surface area (TPSA) is 58.6 Å². The number of carboxylic acid groups (broad SMARTS) is 1. The highest BCUT2D eigenvalue weighted by atomic mass is 16.5. The van der Waals surface area contributed by atoms with Gasteiger partial charge in [0.05, 0.1) is 5.60 Å². The van der Waals surface area contributed by atoms with Crippen molar-refractivity contribution in [3.63, 3.8) is 0 Å². The highest BCUT2D eigenvalue weighted by Gasteiger charge is 2.35. The Bertz CT molecular complexity index is 165. The highest BCUT2D eigenvalue weighted by molar-refractivity contribution is 5.71. The average Bonchev–Trinajstić information content (AvgIpc) is 1.84. The zero-order valence-corrected chi connectivity index (χ0v) is 6.76. The van der Waals surface area contributed by atoms with Crippen molar-refractivity contribution in [3.05, 3.63) is 0 Å². The zero-order valence-electron chi connectivity index (χ0n) is 6.76. The van der Waals surface area contributed by atoms with Crippen LogP contribution in [0.2, 0.25) is 0 Å². The summed E-state index contributed by atoms with van der Waals surface area (Å²) in [5.41, 5.74) is -0.266. The lowest BCUT2D eigenvalue weighted by Gasteiger charge is -2.40. The Kier molecular flexibility index (Phi) is 2.15. The second kappa shape index (κ2) is 2.79. The molecule has 1 heterocycles. The summed E-state index contributed by atoms with van der Waals surface area (Å²) in [6.07, 6.45) is -0.706. The van der Waals surface area contributed by atoms with Crippen LogP contribution in [-0.2, 0) is 9.53 Å². The van der Waals surface area contributed by atoms with Crippen molar-refractivity contribution in [2.24, 2.45) is 0 Å². The Morgan fingerprint density at radius 3 is 2.55 bits per heavy atom. The Morgan fingerprint density at radius 1 is 1.73 bits per heavy atom. The molecule has 1 unspecified atom stereocenters. The monoisotopic (exact) mass is 159 g/mol. The molecule has 1 aliphatic rings. The minimum Gasteiger partial charge on any atom is -0.479 e. The van der Waals surface area contributed by atoms with E-state index in [9.17, 15) is 4.79 Å². The molecule has 1 rings (SSSR count). The van der Waals surface area contributed by atoms with Gasteiger partial charge in [0.15, 0.2) is 6.10 Å². The van der Waals surface area contributed by atoms with Gasteiger partial charge in [0.25, 0.3) is 0 Å². The normalized spacial score (nSPS) is 23.8. The van der Waals surface area contributed by atoms with E-state index in [1.165, 1.54) is 0 Å². The van der Waals surface area contributed by atoms with Gasteiger partial charge >= 0.3 is 5.97 Å². The van der Waals surface area contributed by atoms with Crippen LogP contribution in [0.1, 0.15) is 13.8 Å². The number of hydrogen-bond acceptors (Lipinski definition) is 3. The van der Waals surface area contributed by atoms with Crippen LogP contribution < -0.4 is 5.32 Å². The van der Waals surface area contributed by atoms with Gasteiger partial charge in [-0.2, -0.15) is 0 Å². The first-order chi connectivity index (χ1) is 5.03. The van der Waals surface area contributed by atoms with Gasteiger partial charge in [-0.1, -0.05) is 0 Å². The molecule has 0 aromatic rings. The van der Waals surface area contributed by atoms with Crippen molar-refractivity contribution in [1.82, 2.24) is 5.32 Å². The summed E-state index contributed by atoms with van der Waals surface area (Å²) in [6.45, 7) is 4.93. The van der Waals surface area contributed by atoms with E-state index in [1.54, 1.807) is 6.92 Å². The number of carboxylic acids is 1. The molecule has 0 amide bonds. The van der Waals surface area contributed by atoms with Crippen molar-refractivity contribution in [2.75, 3.05) is 13.1 Å². The lowest BCUT2D eigenvalue weighted by atomic mass is 10.00. The van der Waals surface area contributed by atoms with E-state index in [2.05, 4.69) is 5.32 Å². The van der Waals surface area contributed by atoms with E-state index in [4.69, 9.17) is 9.84 Å². The standard InChI is InChI=1S/C7H13NO3/c1-5(6(9)10)11-7(2)3-8-4-7/h5,8H,3-4H2,1-2H3,(H,9,10). The van der Waals surface area contributed by atoms with E-state index in [0.29, 0.717) is 0 Å². The van der Waals surface area contributed by atoms with E-state index < -0.39 is 12.1 Å². The van der Waals surface area contributed by atoms with Crippen molar-refractivity contribution >= 4 is 5.97 Å². The summed E-state index contributed by atoms with van der Waals surface area (Å²) in [6, 6.07) is 0. The van der Waals surface area contributed by atoms with Crippen LogP contribution in [0.5, 0.6) is 0 Å². The summed E-state index contributed by atoms with van der Waals surface area (Å²) in [7, 11) is 0. The average molecular weight is 159 g/mol. The molecule has 0 saturated carbocycles. The molecule has 1 saturated heterocycles. The van der Waals surface area contributed by atoms with Crippen LogP contribution in [-0.4, -0.2) is 35.9 Å². The van der Waals surface area contributed by atoms with Gasteiger partial charge in [0.1, 0.15) is 0 Å². The van der Waals surface area contributed by atoms with E-state index in [0.717, 1.165) is 13.1 Å². The first kappa shape index (κ1) is 8.49. The molecule has 0 aromatic heterocycles. The summed E-state index contributed by atoms with van der Waals surface area (Å²) in [5.74, 6) is -0.905. The third kappa shape index (κ3) is 1.91. The van der Waals surface area contributed by atoms with Crippen LogP contribution in [0, 0.1) is 0 Å². The van der Waals surface area contributed by atoms with Gasteiger partial charge in [-0.15, -0.1) is 0 Å².